The van der Waals surface area contributed by atoms with Gasteiger partial charge in [0, 0.05) is 6.61 Å². The third-order valence-electron chi connectivity index (χ3n) is 2.52. The van der Waals surface area contributed by atoms with Crippen molar-refractivity contribution in [3.8, 4) is 0 Å². The minimum absolute atomic E-state index is 0.569. The van der Waals surface area contributed by atoms with Gasteiger partial charge in [-0.05, 0) is 24.3 Å². The fourth-order valence-electron chi connectivity index (χ4n) is 1.54. The van der Waals surface area contributed by atoms with E-state index in [1.54, 1.807) is 0 Å². The van der Waals surface area contributed by atoms with Gasteiger partial charge in [0.15, 0.2) is 0 Å². The molecule has 0 saturated carbocycles. The summed E-state index contributed by atoms with van der Waals surface area (Å²) in [5.74, 6) is 0.569. The summed E-state index contributed by atoms with van der Waals surface area (Å²) < 4.78 is 5.68. The largest absolute Gasteiger partial charge is 0.376 e. The van der Waals surface area contributed by atoms with Gasteiger partial charge < -0.3 is 4.74 Å². The van der Waals surface area contributed by atoms with Crippen LogP contribution in [0.1, 0.15) is 25.3 Å². The molecule has 0 bridgehead atoms. The van der Waals surface area contributed by atoms with E-state index < -0.39 is 0 Å². The lowest BCUT2D eigenvalue weighted by atomic mass is 10.1. The Kier molecular flexibility index (Phi) is 7.08. The molecule has 0 unspecified atom stereocenters. The number of benzene rings is 1. The smallest absolute Gasteiger partial charge is 0.0717 e. The van der Waals surface area contributed by atoms with Crippen LogP contribution in [0.3, 0.4) is 0 Å². The van der Waals surface area contributed by atoms with E-state index in [0.29, 0.717) is 12.5 Å². The first-order chi connectivity index (χ1) is 8.33. The van der Waals surface area contributed by atoms with Crippen LogP contribution in [0.15, 0.2) is 55.1 Å². The van der Waals surface area contributed by atoms with Gasteiger partial charge in [-0.25, -0.2) is 0 Å². The number of rotatable bonds is 8. The minimum atomic E-state index is 0.569. The molecule has 0 aliphatic rings. The van der Waals surface area contributed by atoms with Gasteiger partial charge in [-0.2, -0.15) is 0 Å². The topological polar surface area (TPSA) is 9.23 Å². The predicted octanol–water partition coefficient (Wildman–Crippen LogP) is 4.36. The highest BCUT2D eigenvalue weighted by Crippen LogP contribution is 2.07. The first kappa shape index (κ1) is 13.7. The normalized spacial score (nSPS) is 12.8. The molecule has 0 aromatic heterocycles. The van der Waals surface area contributed by atoms with Crippen LogP contribution < -0.4 is 0 Å². The monoisotopic (exact) mass is 230 g/mol. The average molecular weight is 230 g/mol. The van der Waals surface area contributed by atoms with Crippen molar-refractivity contribution >= 4 is 0 Å². The Balaban J connectivity index is 2.12. The van der Waals surface area contributed by atoms with Crippen molar-refractivity contribution in [1.29, 1.82) is 0 Å². The molecule has 0 fully saturated rings. The Bertz CT molecular complexity index is 327. The van der Waals surface area contributed by atoms with Gasteiger partial charge in [0.25, 0.3) is 0 Å². The zero-order valence-corrected chi connectivity index (χ0v) is 10.6. The first-order valence-corrected chi connectivity index (χ1v) is 6.20. The van der Waals surface area contributed by atoms with Gasteiger partial charge >= 0.3 is 0 Å². The summed E-state index contributed by atoms with van der Waals surface area (Å²) in [6, 6.07) is 10.3. The fraction of sp³-hybridized carbons (Fsp3) is 0.375. The lowest BCUT2D eigenvalue weighted by Crippen LogP contribution is -2.04. The molecular weight excluding hydrogens is 208 g/mol. The van der Waals surface area contributed by atoms with Crippen molar-refractivity contribution in [2.24, 2.45) is 5.92 Å². The molecule has 1 aromatic carbocycles. The zero-order valence-electron chi connectivity index (χ0n) is 10.6. The molecule has 1 heteroatoms. The highest BCUT2D eigenvalue weighted by molar-refractivity contribution is 5.13. The van der Waals surface area contributed by atoms with Crippen LogP contribution in [0.25, 0.3) is 0 Å². The van der Waals surface area contributed by atoms with E-state index in [1.165, 1.54) is 5.56 Å². The Morgan fingerprint density at radius 1 is 1.24 bits per heavy atom. The van der Waals surface area contributed by atoms with Crippen LogP contribution in [0.2, 0.25) is 0 Å². The van der Waals surface area contributed by atoms with E-state index in [4.69, 9.17) is 4.74 Å². The summed E-state index contributed by atoms with van der Waals surface area (Å²) in [5, 5.41) is 0. The highest BCUT2D eigenvalue weighted by Gasteiger charge is 1.99. The predicted molar refractivity (Wildman–Crippen MR) is 73.8 cm³/mol. The summed E-state index contributed by atoms with van der Waals surface area (Å²) >= 11 is 0. The van der Waals surface area contributed by atoms with Crippen molar-refractivity contribution in [3.63, 3.8) is 0 Å². The number of hydrogen-bond acceptors (Lipinski definition) is 1. The third kappa shape index (κ3) is 6.75. The average Bonchev–Trinajstić information content (AvgIpc) is 2.36. The fourth-order valence-corrected chi connectivity index (χ4v) is 1.54. The van der Waals surface area contributed by atoms with Gasteiger partial charge in [0.2, 0.25) is 0 Å². The highest BCUT2D eigenvalue weighted by atomic mass is 16.5. The second-order valence-electron chi connectivity index (χ2n) is 4.34. The molecule has 1 nitrogen and oxygen atoms in total. The minimum Gasteiger partial charge on any atom is -0.376 e. The van der Waals surface area contributed by atoms with Gasteiger partial charge in [-0.1, -0.05) is 55.5 Å². The van der Waals surface area contributed by atoms with Crippen LogP contribution in [0, 0.1) is 5.92 Å². The molecule has 0 N–H and O–H groups in total. The molecule has 0 aliphatic carbocycles. The maximum Gasteiger partial charge on any atom is 0.0717 e. The van der Waals surface area contributed by atoms with E-state index >= 15 is 0 Å². The van der Waals surface area contributed by atoms with Crippen molar-refractivity contribution in [3.05, 3.63) is 60.7 Å². The molecule has 1 aromatic rings. The van der Waals surface area contributed by atoms with E-state index in [0.717, 1.165) is 19.4 Å². The third-order valence-corrected chi connectivity index (χ3v) is 2.52. The Hall–Kier alpha value is -1.34. The van der Waals surface area contributed by atoms with E-state index in [9.17, 15) is 0 Å². The molecule has 0 spiro atoms. The standard InChI is InChI=1S/C16H22O/c1-3-4-5-7-10-15(2)13-17-14-16-11-8-6-9-12-16/h3,5-9,11-12,15H,1,4,10,13-14H2,2H3/b7-5+/t15-/m0/s1. The van der Waals surface area contributed by atoms with Crippen molar-refractivity contribution in [1.82, 2.24) is 0 Å². The first-order valence-electron chi connectivity index (χ1n) is 6.20. The Morgan fingerprint density at radius 3 is 2.71 bits per heavy atom. The van der Waals surface area contributed by atoms with Crippen molar-refractivity contribution in [2.75, 3.05) is 6.61 Å². The molecule has 0 amide bonds. The van der Waals surface area contributed by atoms with Crippen LogP contribution >= 0.6 is 0 Å². The summed E-state index contributed by atoms with van der Waals surface area (Å²) in [7, 11) is 0. The van der Waals surface area contributed by atoms with E-state index in [-0.39, 0.29) is 0 Å². The van der Waals surface area contributed by atoms with Crippen molar-refractivity contribution in [2.45, 2.75) is 26.4 Å². The molecule has 1 atom stereocenters. The molecule has 92 valence electrons. The van der Waals surface area contributed by atoms with Gasteiger partial charge in [-0.3, -0.25) is 0 Å². The lowest BCUT2D eigenvalue weighted by molar-refractivity contribution is 0.0929. The Labute approximate surface area is 105 Å². The molecule has 0 heterocycles. The molecule has 17 heavy (non-hydrogen) atoms. The maximum absolute atomic E-state index is 5.68. The molecule has 1 rings (SSSR count). The number of allylic oxidation sites excluding steroid dienone is 3. The van der Waals surface area contributed by atoms with Crippen molar-refractivity contribution < 1.29 is 4.74 Å². The summed E-state index contributed by atoms with van der Waals surface area (Å²) in [4.78, 5) is 0. The molecule has 0 aliphatic heterocycles. The summed E-state index contributed by atoms with van der Waals surface area (Å²) in [6.45, 7) is 7.42. The van der Waals surface area contributed by atoms with Crippen LogP contribution in [0.5, 0.6) is 0 Å². The molecule has 0 saturated heterocycles. The number of hydrogen-bond donors (Lipinski definition) is 0. The quantitative estimate of drug-likeness (QED) is 0.603. The molecule has 0 radical (unpaired) electrons. The van der Waals surface area contributed by atoms with Crippen LogP contribution in [-0.2, 0) is 11.3 Å². The van der Waals surface area contributed by atoms with Gasteiger partial charge in [0.1, 0.15) is 0 Å². The maximum atomic E-state index is 5.68. The SMILES string of the molecule is C=CC/C=C/C[C@H](C)COCc1ccccc1. The number of ether oxygens (including phenoxy) is 1. The van der Waals surface area contributed by atoms with Gasteiger partial charge in [-0.15, -0.1) is 6.58 Å². The van der Waals surface area contributed by atoms with Crippen LogP contribution in [-0.4, -0.2) is 6.61 Å². The lowest BCUT2D eigenvalue weighted by Gasteiger charge is -2.09. The van der Waals surface area contributed by atoms with E-state index in [1.807, 2.05) is 24.3 Å². The Morgan fingerprint density at radius 2 is 2.00 bits per heavy atom. The second-order valence-corrected chi connectivity index (χ2v) is 4.34. The van der Waals surface area contributed by atoms with Crippen LogP contribution in [0.4, 0.5) is 0 Å². The van der Waals surface area contributed by atoms with E-state index in [2.05, 4.69) is 37.8 Å². The second kappa shape index (κ2) is 8.77. The summed E-state index contributed by atoms with van der Waals surface area (Å²) in [6.07, 6.45) is 8.30. The summed E-state index contributed by atoms with van der Waals surface area (Å²) in [5.41, 5.74) is 1.24. The molecular formula is C16H22O. The van der Waals surface area contributed by atoms with Gasteiger partial charge in [0.05, 0.1) is 6.61 Å². The zero-order chi connectivity index (χ0) is 12.3.